The van der Waals surface area contributed by atoms with E-state index in [2.05, 4.69) is 25.7 Å². The maximum atomic E-state index is 10.1. The van der Waals surface area contributed by atoms with Crippen LogP contribution in [-0.2, 0) is 16.1 Å². The van der Waals surface area contributed by atoms with E-state index in [4.69, 9.17) is 9.47 Å². The molecule has 0 bridgehead atoms. The van der Waals surface area contributed by atoms with Crippen LogP contribution < -0.4 is 0 Å². The zero-order valence-electron chi connectivity index (χ0n) is 12.5. The molecule has 2 unspecified atom stereocenters. The number of hydrogen-bond acceptors (Lipinski definition) is 5. The molecule has 1 N–H and O–H groups in total. The highest BCUT2D eigenvalue weighted by Crippen LogP contribution is 2.22. The molecule has 0 saturated carbocycles. The molecule has 1 aliphatic rings. The minimum Gasteiger partial charge on any atom is -0.389 e. The van der Waals surface area contributed by atoms with Crippen LogP contribution in [-0.4, -0.2) is 54.1 Å². The van der Waals surface area contributed by atoms with Gasteiger partial charge in [0.05, 0.1) is 32.0 Å². The van der Waals surface area contributed by atoms with Crippen LogP contribution in [0.15, 0.2) is 17.5 Å². The molecule has 0 spiro atoms. The van der Waals surface area contributed by atoms with Crippen LogP contribution in [0.1, 0.15) is 25.6 Å². The minimum atomic E-state index is -0.459. The van der Waals surface area contributed by atoms with Gasteiger partial charge in [-0.3, -0.25) is 4.90 Å². The maximum Gasteiger partial charge on any atom is 0.0900 e. The topological polar surface area (TPSA) is 41.9 Å². The number of nitrogens with zero attached hydrogens (tertiary/aromatic N) is 1. The largest absolute Gasteiger partial charge is 0.389 e. The predicted molar refractivity (Wildman–Crippen MR) is 81.0 cm³/mol. The first kappa shape index (κ1) is 15.9. The molecule has 114 valence electrons. The van der Waals surface area contributed by atoms with Crippen molar-refractivity contribution in [3.8, 4) is 0 Å². The highest BCUT2D eigenvalue weighted by Gasteiger charge is 2.34. The fourth-order valence-electron chi connectivity index (χ4n) is 2.37. The van der Waals surface area contributed by atoms with Crippen molar-refractivity contribution in [3.63, 3.8) is 0 Å². The number of hydrogen-bond donors (Lipinski definition) is 1. The van der Waals surface area contributed by atoms with Crippen LogP contribution in [0, 0.1) is 0 Å². The molecule has 2 heterocycles. The van der Waals surface area contributed by atoms with E-state index in [1.54, 1.807) is 11.3 Å². The molecule has 0 amide bonds. The van der Waals surface area contributed by atoms with Gasteiger partial charge in [0.25, 0.3) is 0 Å². The van der Waals surface area contributed by atoms with E-state index in [-0.39, 0.29) is 11.6 Å². The Morgan fingerprint density at radius 2 is 2.40 bits per heavy atom. The van der Waals surface area contributed by atoms with Gasteiger partial charge in [-0.25, -0.2) is 0 Å². The highest BCUT2D eigenvalue weighted by molar-refractivity contribution is 7.09. The molecular formula is C15H25NO3S. The molecule has 0 aliphatic carbocycles. The van der Waals surface area contributed by atoms with E-state index in [1.807, 2.05) is 17.5 Å². The normalized spacial score (nSPS) is 24.7. The summed E-state index contributed by atoms with van der Waals surface area (Å²) in [7, 11) is 0. The third kappa shape index (κ3) is 4.53. The van der Waals surface area contributed by atoms with Crippen LogP contribution in [0.4, 0.5) is 0 Å². The summed E-state index contributed by atoms with van der Waals surface area (Å²) in [5.74, 6) is 0. The zero-order valence-corrected chi connectivity index (χ0v) is 13.4. The molecule has 1 saturated heterocycles. The smallest absolute Gasteiger partial charge is 0.0900 e. The quantitative estimate of drug-likeness (QED) is 0.874. The van der Waals surface area contributed by atoms with Crippen LogP contribution >= 0.6 is 11.3 Å². The molecular weight excluding hydrogens is 274 g/mol. The van der Waals surface area contributed by atoms with Crippen molar-refractivity contribution in [2.45, 2.75) is 45.1 Å². The second-order valence-electron chi connectivity index (χ2n) is 6.09. The van der Waals surface area contributed by atoms with E-state index in [1.165, 1.54) is 4.88 Å². The number of thiophene rings is 1. The standard InChI is InChI=1S/C15H25NO3S/c1-12-7-16(15(2,3)11-19-12)8-13(17)9-18-10-14-5-4-6-20-14/h4-6,12-13,17H,7-11H2,1-3H3. The van der Waals surface area contributed by atoms with Crippen molar-refractivity contribution in [2.24, 2.45) is 0 Å². The van der Waals surface area contributed by atoms with Crippen LogP contribution in [0.25, 0.3) is 0 Å². The van der Waals surface area contributed by atoms with E-state index in [0.717, 1.165) is 6.54 Å². The molecule has 1 fully saturated rings. The molecule has 5 heteroatoms. The van der Waals surface area contributed by atoms with Crippen molar-refractivity contribution in [1.29, 1.82) is 0 Å². The number of rotatable bonds is 6. The van der Waals surface area contributed by atoms with Gasteiger partial charge < -0.3 is 14.6 Å². The summed E-state index contributed by atoms with van der Waals surface area (Å²) >= 11 is 1.68. The van der Waals surface area contributed by atoms with Gasteiger partial charge in [0, 0.05) is 23.5 Å². The van der Waals surface area contributed by atoms with Crippen LogP contribution in [0.5, 0.6) is 0 Å². The van der Waals surface area contributed by atoms with Gasteiger partial charge in [-0.1, -0.05) is 6.07 Å². The molecule has 4 nitrogen and oxygen atoms in total. The zero-order chi connectivity index (χ0) is 14.6. The summed E-state index contributed by atoms with van der Waals surface area (Å²) < 4.78 is 11.3. The third-order valence-corrected chi connectivity index (χ3v) is 4.47. The Bertz CT molecular complexity index is 394. The molecule has 1 aliphatic heterocycles. The number of β-amino-alcohol motifs (C(OH)–C–C–N with tert-alkyl or cyclic N) is 1. The maximum absolute atomic E-state index is 10.1. The van der Waals surface area contributed by atoms with Gasteiger partial charge in [0.1, 0.15) is 0 Å². The first-order chi connectivity index (χ1) is 9.47. The van der Waals surface area contributed by atoms with Gasteiger partial charge in [-0.15, -0.1) is 11.3 Å². The van der Waals surface area contributed by atoms with E-state index in [0.29, 0.717) is 26.4 Å². The molecule has 2 atom stereocenters. The lowest BCUT2D eigenvalue weighted by atomic mass is 10.0. The van der Waals surface area contributed by atoms with Crippen molar-refractivity contribution >= 4 is 11.3 Å². The summed E-state index contributed by atoms with van der Waals surface area (Å²) in [6, 6.07) is 4.06. The molecule has 0 aromatic carbocycles. The van der Waals surface area contributed by atoms with Crippen molar-refractivity contribution in [1.82, 2.24) is 4.90 Å². The minimum absolute atomic E-state index is 0.0265. The lowest BCUT2D eigenvalue weighted by Gasteiger charge is -2.45. The predicted octanol–water partition coefficient (Wildman–Crippen LogP) is 2.12. The van der Waals surface area contributed by atoms with Gasteiger partial charge in [-0.2, -0.15) is 0 Å². The molecule has 0 radical (unpaired) electrons. The molecule has 1 aromatic heterocycles. The summed E-state index contributed by atoms with van der Waals surface area (Å²) in [5.41, 5.74) is -0.0265. The van der Waals surface area contributed by atoms with Crippen molar-refractivity contribution in [2.75, 3.05) is 26.3 Å². The van der Waals surface area contributed by atoms with Gasteiger partial charge in [0.15, 0.2) is 0 Å². The summed E-state index contributed by atoms with van der Waals surface area (Å²) in [6.07, 6.45) is -0.234. The Morgan fingerprint density at radius 3 is 3.10 bits per heavy atom. The first-order valence-electron chi connectivity index (χ1n) is 7.12. The highest BCUT2D eigenvalue weighted by atomic mass is 32.1. The molecule has 2 rings (SSSR count). The Morgan fingerprint density at radius 1 is 1.60 bits per heavy atom. The third-order valence-electron chi connectivity index (χ3n) is 3.62. The average molecular weight is 299 g/mol. The lowest BCUT2D eigenvalue weighted by molar-refractivity contribution is -0.108. The monoisotopic (exact) mass is 299 g/mol. The average Bonchev–Trinajstić information content (AvgIpc) is 2.87. The van der Waals surface area contributed by atoms with E-state index >= 15 is 0 Å². The van der Waals surface area contributed by atoms with E-state index in [9.17, 15) is 5.11 Å². The second kappa shape index (κ2) is 7.00. The van der Waals surface area contributed by atoms with Gasteiger partial charge in [-0.05, 0) is 32.2 Å². The Balaban J connectivity index is 1.73. The summed E-state index contributed by atoms with van der Waals surface area (Å²) in [4.78, 5) is 3.48. The molecule has 20 heavy (non-hydrogen) atoms. The van der Waals surface area contributed by atoms with Crippen LogP contribution in [0.3, 0.4) is 0 Å². The van der Waals surface area contributed by atoms with Gasteiger partial charge in [0.2, 0.25) is 0 Å². The number of aliphatic hydroxyl groups excluding tert-OH is 1. The lowest BCUT2D eigenvalue weighted by Crippen LogP contribution is -2.57. The van der Waals surface area contributed by atoms with Crippen molar-refractivity contribution < 1.29 is 14.6 Å². The summed E-state index contributed by atoms with van der Waals surface area (Å²) in [5, 5.41) is 12.2. The fourth-order valence-corrected chi connectivity index (χ4v) is 3.01. The Labute approximate surface area is 125 Å². The summed E-state index contributed by atoms with van der Waals surface area (Å²) in [6.45, 7) is 9.52. The van der Waals surface area contributed by atoms with Gasteiger partial charge >= 0.3 is 0 Å². The van der Waals surface area contributed by atoms with Crippen LogP contribution in [0.2, 0.25) is 0 Å². The Hall–Kier alpha value is -0.460. The number of ether oxygens (including phenoxy) is 2. The Kier molecular flexibility index (Phi) is 5.57. The first-order valence-corrected chi connectivity index (χ1v) is 8.00. The van der Waals surface area contributed by atoms with E-state index < -0.39 is 6.10 Å². The SMILES string of the molecule is CC1CN(CC(O)COCc2cccs2)C(C)(C)CO1. The fraction of sp³-hybridized carbons (Fsp3) is 0.733. The molecule has 1 aromatic rings. The number of morpholine rings is 1. The number of aliphatic hydroxyl groups is 1. The van der Waals surface area contributed by atoms with Crippen molar-refractivity contribution in [3.05, 3.63) is 22.4 Å². The second-order valence-corrected chi connectivity index (χ2v) is 7.12.